The van der Waals surface area contributed by atoms with Crippen LogP contribution in [0.3, 0.4) is 0 Å². The first-order valence-corrected chi connectivity index (χ1v) is 12.4. The van der Waals surface area contributed by atoms with E-state index in [-0.39, 0.29) is 23.8 Å². The molecule has 1 N–H and O–H groups in total. The van der Waals surface area contributed by atoms with Gasteiger partial charge in [-0.25, -0.2) is 9.69 Å². The monoisotopic (exact) mass is 440 g/mol. The topological polar surface area (TPSA) is 55.9 Å². The van der Waals surface area contributed by atoms with E-state index in [2.05, 4.69) is 58.6 Å². The van der Waals surface area contributed by atoms with Crippen molar-refractivity contribution in [3.05, 3.63) is 35.2 Å². The average molecular weight is 441 g/mol. The molecule has 2 aromatic rings. The van der Waals surface area contributed by atoms with Crippen LogP contribution in [0.1, 0.15) is 38.7 Å². The lowest BCUT2D eigenvalue weighted by molar-refractivity contribution is -0.138. The van der Waals surface area contributed by atoms with E-state index < -0.39 is 5.54 Å². The second kappa shape index (κ2) is 8.19. The van der Waals surface area contributed by atoms with Gasteiger partial charge in [0, 0.05) is 37.4 Å². The van der Waals surface area contributed by atoms with Crippen LogP contribution in [0.2, 0.25) is 0 Å². The van der Waals surface area contributed by atoms with Crippen molar-refractivity contribution in [2.75, 3.05) is 32.8 Å². The van der Waals surface area contributed by atoms with Gasteiger partial charge in [0.05, 0.1) is 6.67 Å². The fraction of sp³-hybridized carbons (Fsp3) is 0.583. The molecule has 1 spiro atoms. The molecule has 3 fully saturated rings. The Bertz CT molecular complexity index is 971. The minimum Gasteiger partial charge on any atom is -0.323 e. The zero-order valence-electron chi connectivity index (χ0n) is 18.5. The zero-order chi connectivity index (χ0) is 21.6. The predicted octanol–water partition coefficient (Wildman–Crippen LogP) is 3.72. The lowest BCUT2D eigenvalue weighted by Gasteiger charge is -2.42. The third-order valence-electron chi connectivity index (χ3n) is 7.75. The number of amides is 3. The molecule has 1 aromatic carbocycles. The summed E-state index contributed by atoms with van der Waals surface area (Å²) in [4.78, 5) is 32.4. The van der Waals surface area contributed by atoms with E-state index in [1.165, 1.54) is 20.5 Å². The van der Waals surface area contributed by atoms with Crippen molar-refractivity contribution >= 4 is 33.4 Å². The van der Waals surface area contributed by atoms with E-state index in [0.29, 0.717) is 6.67 Å². The lowest BCUT2D eigenvalue weighted by atomic mass is 9.67. The minimum atomic E-state index is -0.697. The van der Waals surface area contributed by atoms with Gasteiger partial charge in [0.15, 0.2) is 0 Å². The highest BCUT2D eigenvalue weighted by atomic mass is 32.1. The highest BCUT2D eigenvalue weighted by Gasteiger charge is 2.58. The Kier molecular flexibility index (Phi) is 5.52. The molecular weight excluding hydrogens is 408 g/mol. The Morgan fingerprint density at radius 1 is 1.03 bits per heavy atom. The number of piperazine rings is 1. The molecule has 3 aliphatic rings. The van der Waals surface area contributed by atoms with Crippen LogP contribution >= 0.6 is 11.3 Å². The maximum Gasteiger partial charge on any atom is 0.326 e. The number of hydrogen-bond donors (Lipinski definition) is 1. The van der Waals surface area contributed by atoms with Crippen molar-refractivity contribution in [2.24, 2.45) is 11.8 Å². The summed E-state index contributed by atoms with van der Waals surface area (Å²) >= 11 is 1.81. The van der Waals surface area contributed by atoms with Crippen LogP contribution in [-0.4, -0.2) is 65.0 Å². The first kappa shape index (κ1) is 20.9. The van der Waals surface area contributed by atoms with Crippen molar-refractivity contribution in [3.8, 4) is 0 Å². The van der Waals surface area contributed by atoms with E-state index in [4.69, 9.17) is 0 Å². The largest absolute Gasteiger partial charge is 0.326 e. The summed E-state index contributed by atoms with van der Waals surface area (Å²) in [7, 11) is 0. The molecular formula is C24H32N4O2S. The number of fused-ring (bicyclic) bond motifs is 1. The van der Waals surface area contributed by atoms with E-state index in [0.717, 1.165) is 52.0 Å². The normalized spacial score (nSPS) is 27.4. The number of imide groups is 1. The van der Waals surface area contributed by atoms with Crippen LogP contribution in [0, 0.1) is 11.8 Å². The summed E-state index contributed by atoms with van der Waals surface area (Å²) in [6, 6.07) is 8.38. The van der Waals surface area contributed by atoms with Crippen molar-refractivity contribution in [1.82, 2.24) is 20.0 Å². The molecule has 3 amide bonds. The number of benzene rings is 1. The van der Waals surface area contributed by atoms with E-state index in [1.807, 2.05) is 11.3 Å². The van der Waals surface area contributed by atoms with Crippen LogP contribution < -0.4 is 5.32 Å². The van der Waals surface area contributed by atoms with Crippen molar-refractivity contribution in [3.63, 3.8) is 0 Å². The Morgan fingerprint density at radius 2 is 1.71 bits per heavy atom. The number of carbonyl (C=O) groups is 2. The third-order valence-corrected chi connectivity index (χ3v) is 8.76. The van der Waals surface area contributed by atoms with Gasteiger partial charge in [-0.05, 0) is 47.1 Å². The molecule has 3 heterocycles. The van der Waals surface area contributed by atoms with Gasteiger partial charge < -0.3 is 5.32 Å². The SMILES string of the molecule is C[C@H]1CCC[C@H](C)C12NC(=O)N(CN1CCN(Cc3csc4ccccc34)CC1)C2=O. The molecule has 6 nitrogen and oxygen atoms in total. The molecule has 1 saturated carbocycles. The van der Waals surface area contributed by atoms with E-state index in [1.54, 1.807) is 0 Å². The molecule has 1 aromatic heterocycles. The number of carbonyl (C=O) groups excluding carboxylic acids is 2. The van der Waals surface area contributed by atoms with Gasteiger partial charge in [0.25, 0.3) is 5.91 Å². The van der Waals surface area contributed by atoms with Crippen LogP contribution in [0.25, 0.3) is 10.1 Å². The van der Waals surface area contributed by atoms with E-state index >= 15 is 0 Å². The molecule has 1 aliphatic carbocycles. The molecule has 7 heteroatoms. The van der Waals surface area contributed by atoms with Gasteiger partial charge in [-0.3, -0.25) is 14.6 Å². The summed E-state index contributed by atoms with van der Waals surface area (Å²) in [5, 5.41) is 6.75. The zero-order valence-corrected chi connectivity index (χ0v) is 19.3. The van der Waals surface area contributed by atoms with Gasteiger partial charge in [0.1, 0.15) is 5.54 Å². The molecule has 2 aliphatic heterocycles. The van der Waals surface area contributed by atoms with Crippen LogP contribution in [-0.2, 0) is 11.3 Å². The van der Waals surface area contributed by atoms with Crippen molar-refractivity contribution < 1.29 is 9.59 Å². The first-order chi connectivity index (χ1) is 15.0. The smallest absolute Gasteiger partial charge is 0.323 e. The number of rotatable bonds is 4. The second-order valence-corrected chi connectivity index (χ2v) is 10.5. The van der Waals surface area contributed by atoms with Gasteiger partial charge in [-0.2, -0.15) is 0 Å². The molecule has 5 rings (SSSR count). The number of urea groups is 1. The Balaban J connectivity index is 1.20. The highest BCUT2D eigenvalue weighted by Crippen LogP contribution is 2.42. The lowest BCUT2D eigenvalue weighted by Crippen LogP contribution is -2.59. The Hall–Kier alpha value is -1.96. The van der Waals surface area contributed by atoms with Crippen LogP contribution in [0.4, 0.5) is 4.79 Å². The first-order valence-electron chi connectivity index (χ1n) is 11.5. The van der Waals surface area contributed by atoms with Crippen molar-refractivity contribution in [1.29, 1.82) is 0 Å². The molecule has 2 atom stereocenters. The fourth-order valence-electron chi connectivity index (χ4n) is 5.77. The predicted molar refractivity (Wildman–Crippen MR) is 124 cm³/mol. The van der Waals surface area contributed by atoms with Gasteiger partial charge in [-0.15, -0.1) is 11.3 Å². The average Bonchev–Trinajstić information content (AvgIpc) is 3.28. The number of hydrogen-bond acceptors (Lipinski definition) is 5. The van der Waals surface area contributed by atoms with Gasteiger partial charge in [-0.1, -0.05) is 38.5 Å². The number of thiophene rings is 1. The number of nitrogens with zero attached hydrogens (tertiary/aromatic N) is 3. The maximum atomic E-state index is 13.4. The fourth-order valence-corrected chi connectivity index (χ4v) is 6.72. The molecule has 0 radical (unpaired) electrons. The highest BCUT2D eigenvalue weighted by molar-refractivity contribution is 7.17. The molecule has 166 valence electrons. The third kappa shape index (κ3) is 3.56. The Morgan fingerprint density at radius 3 is 2.45 bits per heavy atom. The standard InChI is InChI=1S/C24H32N4O2S/c1-17-6-5-7-18(2)24(17)22(29)28(23(30)25-24)16-27-12-10-26(11-13-27)14-19-15-31-21-9-4-3-8-20(19)21/h3-4,8-9,15,17-18H,5-7,10-14,16H2,1-2H3,(H,25,30)/t17-,18-/m0/s1. The summed E-state index contributed by atoms with van der Waals surface area (Å²) in [6.45, 7) is 9.24. The van der Waals surface area contributed by atoms with Crippen LogP contribution in [0.15, 0.2) is 29.6 Å². The van der Waals surface area contributed by atoms with Gasteiger partial charge >= 0.3 is 6.03 Å². The van der Waals surface area contributed by atoms with Crippen molar-refractivity contribution in [2.45, 2.75) is 45.2 Å². The summed E-state index contributed by atoms with van der Waals surface area (Å²) < 4.78 is 1.34. The summed E-state index contributed by atoms with van der Waals surface area (Å²) in [5.74, 6) is 0.370. The van der Waals surface area contributed by atoms with E-state index in [9.17, 15) is 9.59 Å². The summed E-state index contributed by atoms with van der Waals surface area (Å²) in [6.07, 6.45) is 3.13. The molecule has 0 bridgehead atoms. The Labute approximate surface area is 188 Å². The minimum absolute atomic E-state index is 0.00984. The van der Waals surface area contributed by atoms with Crippen LogP contribution in [0.5, 0.6) is 0 Å². The molecule has 0 unspecified atom stereocenters. The quantitative estimate of drug-likeness (QED) is 0.736. The molecule has 31 heavy (non-hydrogen) atoms. The number of nitrogens with one attached hydrogen (secondary N) is 1. The molecule has 2 saturated heterocycles. The van der Waals surface area contributed by atoms with Gasteiger partial charge in [0.2, 0.25) is 0 Å². The maximum absolute atomic E-state index is 13.4. The second-order valence-electron chi connectivity index (χ2n) is 9.56. The summed E-state index contributed by atoms with van der Waals surface area (Å²) in [5.41, 5.74) is 0.697.